The number of carbonyl (C=O) groups excluding carboxylic acids is 1. The van der Waals surface area contributed by atoms with Gasteiger partial charge < -0.3 is 14.9 Å². The Morgan fingerprint density at radius 3 is 2.00 bits per heavy atom. The lowest BCUT2D eigenvalue weighted by molar-refractivity contribution is -0.151. The molecule has 1 heterocycles. The van der Waals surface area contributed by atoms with Crippen LogP contribution in [0.5, 0.6) is 0 Å². The number of carbonyl (C=O) groups is 1. The molecule has 0 fully saturated rings. The third-order valence-corrected chi connectivity index (χ3v) is 4.53. The minimum Gasteiger partial charge on any atom is -0.505 e. The van der Waals surface area contributed by atoms with E-state index in [1.54, 1.807) is 19.1 Å². The summed E-state index contributed by atoms with van der Waals surface area (Å²) >= 11 is 6.09. The SMILES string of the molecule is Cc1ccc(-c2ccc(C3(CC(C)Cl)OC(=O)C(O)=C3O)cc2)cc1. The highest BCUT2D eigenvalue weighted by Gasteiger charge is 2.50. The Morgan fingerprint density at radius 1 is 1.04 bits per heavy atom. The zero-order valence-electron chi connectivity index (χ0n) is 14.0. The van der Waals surface area contributed by atoms with Crippen molar-refractivity contribution < 1.29 is 19.7 Å². The Balaban J connectivity index is 2.01. The summed E-state index contributed by atoms with van der Waals surface area (Å²) in [7, 11) is 0. The van der Waals surface area contributed by atoms with E-state index in [-0.39, 0.29) is 11.8 Å². The molecule has 2 unspecified atom stereocenters. The van der Waals surface area contributed by atoms with Crippen LogP contribution in [0.15, 0.2) is 60.0 Å². The molecule has 5 heteroatoms. The molecular weight excluding hydrogens is 340 g/mol. The van der Waals surface area contributed by atoms with Crippen LogP contribution in [-0.2, 0) is 15.1 Å². The maximum Gasteiger partial charge on any atom is 0.378 e. The van der Waals surface area contributed by atoms with E-state index in [1.165, 1.54) is 5.56 Å². The van der Waals surface area contributed by atoms with Gasteiger partial charge in [-0.25, -0.2) is 4.79 Å². The van der Waals surface area contributed by atoms with Crippen LogP contribution in [0.1, 0.15) is 24.5 Å². The molecule has 130 valence electrons. The number of alkyl halides is 1. The van der Waals surface area contributed by atoms with Crippen LogP contribution in [0.25, 0.3) is 11.1 Å². The van der Waals surface area contributed by atoms with Crippen molar-refractivity contribution in [2.75, 3.05) is 0 Å². The van der Waals surface area contributed by atoms with Crippen molar-refractivity contribution in [2.24, 2.45) is 0 Å². The number of esters is 1. The van der Waals surface area contributed by atoms with Crippen molar-refractivity contribution in [3.05, 3.63) is 71.2 Å². The quantitative estimate of drug-likeness (QED) is 0.611. The number of hydrogen-bond donors (Lipinski definition) is 2. The molecule has 2 aromatic carbocycles. The summed E-state index contributed by atoms with van der Waals surface area (Å²) in [5.74, 6) is -2.20. The second-order valence-corrected chi connectivity index (χ2v) is 7.09. The molecule has 3 rings (SSSR count). The molecule has 0 saturated carbocycles. The maximum absolute atomic E-state index is 11.7. The highest BCUT2D eigenvalue weighted by molar-refractivity contribution is 6.20. The number of cyclic esters (lactones) is 1. The van der Waals surface area contributed by atoms with E-state index in [4.69, 9.17) is 16.3 Å². The Hall–Kier alpha value is -2.46. The Kier molecular flexibility index (Phi) is 4.48. The van der Waals surface area contributed by atoms with Gasteiger partial charge in [0.25, 0.3) is 0 Å². The normalized spacial score (nSPS) is 21.3. The zero-order chi connectivity index (χ0) is 18.2. The van der Waals surface area contributed by atoms with Gasteiger partial charge >= 0.3 is 5.97 Å². The van der Waals surface area contributed by atoms with E-state index in [1.807, 2.05) is 43.3 Å². The van der Waals surface area contributed by atoms with E-state index in [9.17, 15) is 15.0 Å². The molecule has 25 heavy (non-hydrogen) atoms. The fraction of sp³-hybridized carbons (Fsp3) is 0.250. The van der Waals surface area contributed by atoms with Gasteiger partial charge in [-0.15, -0.1) is 11.6 Å². The van der Waals surface area contributed by atoms with Gasteiger partial charge in [-0.05, 0) is 25.0 Å². The van der Waals surface area contributed by atoms with Crippen LogP contribution in [0.3, 0.4) is 0 Å². The lowest BCUT2D eigenvalue weighted by Crippen LogP contribution is -2.32. The van der Waals surface area contributed by atoms with Gasteiger partial charge in [0, 0.05) is 17.4 Å². The van der Waals surface area contributed by atoms with Gasteiger partial charge in [0.2, 0.25) is 5.76 Å². The van der Waals surface area contributed by atoms with Gasteiger partial charge in [0.05, 0.1) is 0 Å². The predicted octanol–water partition coefficient (Wildman–Crippen LogP) is 4.76. The number of benzene rings is 2. The second-order valence-electron chi connectivity index (χ2n) is 6.34. The highest BCUT2D eigenvalue weighted by atomic mass is 35.5. The molecule has 4 nitrogen and oxygen atoms in total. The van der Waals surface area contributed by atoms with Crippen LogP contribution in [0.2, 0.25) is 0 Å². The van der Waals surface area contributed by atoms with E-state index in [2.05, 4.69) is 0 Å². The second kappa shape index (κ2) is 6.45. The van der Waals surface area contributed by atoms with E-state index < -0.39 is 23.1 Å². The molecule has 0 radical (unpaired) electrons. The molecule has 0 saturated heterocycles. The number of ether oxygens (including phenoxy) is 1. The largest absolute Gasteiger partial charge is 0.505 e. The van der Waals surface area contributed by atoms with Crippen LogP contribution in [0.4, 0.5) is 0 Å². The van der Waals surface area contributed by atoms with E-state index in [0.717, 1.165) is 11.1 Å². The molecule has 0 aliphatic carbocycles. The molecule has 0 bridgehead atoms. The third kappa shape index (κ3) is 3.10. The standard InChI is InChI=1S/C20H19ClO4/c1-12-3-5-14(6-4-12)15-7-9-16(10-8-15)20(11-13(2)21)18(23)17(22)19(24)25-20/h3-10,13,22-23H,11H2,1-2H3. The molecular formula is C20H19ClO4. The fourth-order valence-corrected chi connectivity index (χ4v) is 3.29. The first-order valence-electron chi connectivity index (χ1n) is 8.01. The first-order chi connectivity index (χ1) is 11.8. The summed E-state index contributed by atoms with van der Waals surface area (Å²) in [6.07, 6.45) is 0.153. The first-order valence-corrected chi connectivity index (χ1v) is 8.45. The minimum atomic E-state index is -1.45. The van der Waals surface area contributed by atoms with Crippen molar-refractivity contribution in [2.45, 2.75) is 31.2 Å². The third-order valence-electron chi connectivity index (χ3n) is 4.37. The Labute approximate surface area is 151 Å². The van der Waals surface area contributed by atoms with Gasteiger partial charge in [-0.3, -0.25) is 0 Å². The Bertz CT molecular complexity index is 822. The molecule has 2 N–H and O–H groups in total. The summed E-state index contributed by atoms with van der Waals surface area (Å²) in [4.78, 5) is 11.7. The summed E-state index contributed by atoms with van der Waals surface area (Å²) in [5, 5.41) is 19.7. The van der Waals surface area contributed by atoms with Crippen LogP contribution >= 0.6 is 11.6 Å². The number of aliphatic hydroxyl groups is 2. The fourth-order valence-electron chi connectivity index (χ4n) is 3.07. The molecule has 1 aliphatic rings. The summed E-state index contributed by atoms with van der Waals surface area (Å²) in [5.41, 5.74) is 2.34. The molecule has 2 aromatic rings. The Morgan fingerprint density at radius 2 is 1.56 bits per heavy atom. The molecule has 0 aromatic heterocycles. The van der Waals surface area contributed by atoms with Crippen molar-refractivity contribution >= 4 is 17.6 Å². The van der Waals surface area contributed by atoms with Gasteiger partial charge in [-0.1, -0.05) is 54.1 Å². The average molecular weight is 359 g/mol. The van der Waals surface area contributed by atoms with Gasteiger partial charge in [-0.2, -0.15) is 0 Å². The summed E-state index contributed by atoms with van der Waals surface area (Å²) < 4.78 is 5.33. The molecule has 0 spiro atoms. The molecule has 2 atom stereocenters. The van der Waals surface area contributed by atoms with E-state index in [0.29, 0.717) is 5.56 Å². The lowest BCUT2D eigenvalue weighted by atomic mass is 9.86. The predicted molar refractivity (Wildman–Crippen MR) is 96.6 cm³/mol. The monoisotopic (exact) mass is 358 g/mol. The van der Waals surface area contributed by atoms with Crippen molar-refractivity contribution in [3.63, 3.8) is 0 Å². The highest BCUT2D eigenvalue weighted by Crippen LogP contribution is 2.44. The first kappa shape index (κ1) is 17.4. The maximum atomic E-state index is 11.7. The van der Waals surface area contributed by atoms with Crippen molar-refractivity contribution in [1.82, 2.24) is 0 Å². The molecule has 1 aliphatic heterocycles. The van der Waals surface area contributed by atoms with Crippen molar-refractivity contribution in [1.29, 1.82) is 0 Å². The van der Waals surface area contributed by atoms with Gasteiger partial charge in [0.1, 0.15) is 0 Å². The number of aliphatic hydroxyl groups excluding tert-OH is 2. The number of rotatable bonds is 4. The average Bonchev–Trinajstić information content (AvgIpc) is 2.80. The van der Waals surface area contributed by atoms with Crippen LogP contribution in [-0.4, -0.2) is 21.6 Å². The van der Waals surface area contributed by atoms with E-state index >= 15 is 0 Å². The number of hydrogen-bond acceptors (Lipinski definition) is 4. The topological polar surface area (TPSA) is 66.8 Å². The summed E-state index contributed by atoms with van der Waals surface area (Å²) in [6.45, 7) is 3.76. The zero-order valence-corrected chi connectivity index (χ0v) is 14.7. The minimum absolute atomic E-state index is 0.153. The lowest BCUT2D eigenvalue weighted by Gasteiger charge is -2.29. The smallest absolute Gasteiger partial charge is 0.378 e. The number of halogens is 1. The van der Waals surface area contributed by atoms with Crippen LogP contribution in [0, 0.1) is 6.92 Å². The van der Waals surface area contributed by atoms with Crippen molar-refractivity contribution in [3.8, 4) is 11.1 Å². The molecule has 0 amide bonds. The van der Waals surface area contributed by atoms with Gasteiger partial charge in [0.15, 0.2) is 11.4 Å². The summed E-state index contributed by atoms with van der Waals surface area (Å²) in [6, 6.07) is 15.4. The number of aryl methyl sites for hydroxylation is 1. The van der Waals surface area contributed by atoms with Crippen LogP contribution < -0.4 is 0 Å².